The summed E-state index contributed by atoms with van der Waals surface area (Å²) < 4.78 is 32.0. The molecule has 4 atom stereocenters. The Balaban J connectivity index is 1.54. The quantitative estimate of drug-likeness (QED) is 0.215. The number of halogens is 2. The Hall–Kier alpha value is -4.84. The first-order valence-electron chi connectivity index (χ1n) is 17.4. The van der Waals surface area contributed by atoms with Gasteiger partial charge in [-0.05, 0) is 74.1 Å². The number of benzene rings is 3. The first-order valence-corrected chi connectivity index (χ1v) is 17.8. The van der Waals surface area contributed by atoms with E-state index >= 15 is 0 Å². The third-order valence-corrected chi connectivity index (χ3v) is 8.60. The Labute approximate surface area is 309 Å². The van der Waals surface area contributed by atoms with Gasteiger partial charge in [0.25, 0.3) is 5.91 Å². The van der Waals surface area contributed by atoms with Crippen LogP contribution >= 0.6 is 11.6 Å². The standard InChI is InChI=1S/C39H48ClFN4O7/c1-23(2)16-28-22-51-33-13-8-7-12-30(33)37(47)44-31(20-36(46)43-32(17-24(3)4)39(49)45(28)6)38(48)42-25(5)21-50-34-15-14-27(41)19-35(34)52-29-11-9-10-26(40)18-29/h7-15,18-19,23-25,28,31-32H,16-17,20-22H2,1-6H3,(H,42,48)(H,43,46)(H,44,47)/t25-,28-,31+,32+/m1/s1. The number of nitrogens with zero attached hydrogens (tertiary/aromatic N) is 1. The number of carbonyl (C=O) groups is 4. The van der Waals surface area contributed by atoms with Crippen LogP contribution in [0.2, 0.25) is 5.02 Å². The van der Waals surface area contributed by atoms with Gasteiger partial charge in [0, 0.05) is 18.1 Å². The van der Waals surface area contributed by atoms with Crippen molar-refractivity contribution in [3.63, 3.8) is 0 Å². The van der Waals surface area contributed by atoms with Crippen molar-refractivity contribution in [1.29, 1.82) is 0 Å². The van der Waals surface area contributed by atoms with E-state index in [0.717, 1.165) is 0 Å². The van der Waals surface area contributed by atoms with Crippen LogP contribution in [0.4, 0.5) is 4.39 Å². The SMILES string of the molecule is CC(C)C[C@@H]1COc2ccccc2C(=O)N[C@H](C(=O)N[C@H](C)COc2ccc(F)cc2Oc2cccc(Cl)c2)CC(=O)N[C@@H](CC(C)C)C(=O)N1C. The predicted molar refractivity (Wildman–Crippen MR) is 196 cm³/mol. The molecule has 0 saturated carbocycles. The molecule has 0 aromatic heterocycles. The third kappa shape index (κ3) is 11.6. The number of likely N-dealkylation sites (N-methyl/N-ethyl adjacent to an activating group) is 1. The lowest BCUT2D eigenvalue weighted by atomic mass is 9.99. The molecule has 11 nitrogen and oxygen atoms in total. The van der Waals surface area contributed by atoms with Crippen LogP contribution in [0.3, 0.4) is 0 Å². The summed E-state index contributed by atoms with van der Waals surface area (Å²) in [6.07, 6.45) is 0.572. The van der Waals surface area contributed by atoms with Crippen molar-refractivity contribution in [3.8, 4) is 23.0 Å². The van der Waals surface area contributed by atoms with Crippen LogP contribution in [-0.2, 0) is 14.4 Å². The third-order valence-electron chi connectivity index (χ3n) is 8.36. The minimum absolute atomic E-state index is 0.0678. The maximum atomic E-state index is 14.1. The summed E-state index contributed by atoms with van der Waals surface area (Å²) in [5.41, 5.74) is 0.174. The highest BCUT2D eigenvalue weighted by Gasteiger charge is 2.33. The fraction of sp³-hybridized carbons (Fsp3) is 0.436. The summed E-state index contributed by atoms with van der Waals surface area (Å²) in [6.45, 7) is 9.73. The lowest BCUT2D eigenvalue weighted by Crippen LogP contribution is -2.55. The highest BCUT2D eigenvalue weighted by molar-refractivity contribution is 6.30. The van der Waals surface area contributed by atoms with Crippen LogP contribution in [0, 0.1) is 17.7 Å². The molecule has 4 rings (SSSR count). The van der Waals surface area contributed by atoms with Gasteiger partial charge in [0.1, 0.15) is 42.6 Å². The maximum Gasteiger partial charge on any atom is 0.255 e. The number of nitrogens with one attached hydrogen (secondary N) is 3. The molecule has 13 heteroatoms. The first kappa shape index (κ1) is 39.9. The molecule has 1 aliphatic heterocycles. The van der Waals surface area contributed by atoms with Gasteiger partial charge in [-0.1, -0.05) is 57.5 Å². The second-order valence-corrected chi connectivity index (χ2v) is 14.3. The molecule has 0 aliphatic carbocycles. The van der Waals surface area contributed by atoms with Crippen molar-refractivity contribution in [3.05, 3.63) is 83.1 Å². The van der Waals surface area contributed by atoms with Crippen molar-refractivity contribution in [2.45, 2.75) is 78.0 Å². The predicted octanol–water partition coefficient (Wildman–Crippen LogP) is 6.14. The molecule has 0 fully saturated rings. The fourth-order valence-electron chi connectivity index (χ4n) is 5.79. The molecular formula is C39H48ClFN4O7. The van der Waals surface area contributed by atoms with Gasteiger partial charge in [-0.3, -0.25) is 19.2 Å². The molecule has 0 bridgehead atoms. The van der Waals surface area contributed by atoms with Crippen molar-refractivity contribution in [1.82, 2.24) is 20.9 Å². The van der Waals surface area contributed by atoms with Crippen molar-refractivity contribution in [2.75, 3.05) is 20.3 Å². The van der Waals surface area contributed by atoms with E-state index in [1.54, 1.807) is 67.4 Å². The van der Waals surface area contributed by atoms with Gasteiger partial charge in [0.15, 0.2) is 11.5 Å². The Kier molecular flexibility index (Phi) is 14.3. The van der Waals surface area contributed by atoms with Gasteiger partial charge in [-0.25, -0.2) is 4.39 Å². The Morgan fingerprint density at radius 2 is 1.69 bits per heavy atom. The molecule has 3 aromatic carbocycles. The van der Waals surface area contributed by atoms with Crippen LogP contribution in [0.5, 0.6) is 23.0 Å². The Morgan fingerprint density at radius 1 is 0.962 bits per heavy atom. The molecule has 4 amide bonds. The molecular weight excluding hydrogens is 691 g/mol. The second kappa shape index (κ2) is 18.6. The maximum absolute atomic E-state index is 14.1. The lowest BCUT2D eigenvalue weighted by molar-refractivity contribution is -0.138. The zero-order valence-electron chi connectivity index (χ0n) is 30.4. The van der Waals surface area contributed by atoms with Gasteiger partial charge < -0.3 is 35.1 Å². The van der Waals surface area contributed by atoms with Crippen LogP contribution < -0.4 is 30.2 Å². The number of amides is 4. The van der Waals surface area contributed by atoms with E-state index in [1.165, 1.54) is 18.2 Å². The number of ether oxygens (including phenoxy) is 3. The van der Waals surface area contributed by atoms with E-state index in [1.807, 2.05) is 27.7 Å². The highest BCUT2D eigenvalue weighted by Crippen LogP contribution is 2.33. The zero-order chi connectivity index (χ0) is 37.9. The summed E-state index contributed by atoms with van der Waals surface area (Å²) in [5.74, 6) is -1.36. The van der Waals surface area contributed by atoms with Crippen LogP contribution in [0.15, 0.2) is 66.7 Å². The topological polar surface area (TPSA) is 135 Å². The normalized spacial score (nSPS) is 19.2. The van der Waals surface area contributed by atoms with E-state index in [-0.39, 0.29) is 59.8 Å². The molecule has 0 unspecified atom stereocenters. The number of fused-ring (bicyclic) bond motifs is 1. The highest BCUT2D eigenvalue weighted by atomic mass is 35.5. The smallest absolute Gasteiger partial charge is 0.255 e. The van der Waals surface area contributed by atoms with Crippen LogP contribution in [-0.4, -0.2) is 73.0 Å². The number of para-hydroxylation sites is 1. The van der Waals surface area contributed by atoms with Gasteiger partial charge in [0.2, 0.25) is 17.7 Å². The molecule has 0 saturated heterocycles. The second-order valence-electron chi connectivity index (χ2n) is 13.9. The summed E-state index contributed by atoms with van der Waals surface area (Å²) in [7, 11) is 1.70. The van der Waals surface area contributed by atoms with Crippen LogP contribution in [0.1, 0.15) is 64.2 Å². The van der Waals surface area contributed by atoms with E-state index < -0.39 is 48.1 Å². The van der Waals surface area contributed by atoms with Crippen molar-refractivity contribution in [2.24, 2.45) is 11.8 Å². The van der Waals surface area contributed by atoms with E-state index in [2.05, 4.69) is 16.0 Å². The number of carbonyl (C=O) groups excluding carboxylic acids is 4. The molecule has 3 N–H and O–H groups in total. The largest absolute Gasteiger partial charge is 0.491 e. The molecule has 52 heavy (non-hydrogen) atoms. The first-order chi connectivity index (χ1) is 24.7. The summed E-state index contributed by atoms with van der Waals surface area (Å²) in [6, 6.07) is 13.9. The van der Waals surface area contributed by atoms with E-state index in [9.17, 15) is 23.6 Å². The monoisotopic (exact) mass is 738 g/mol. The van der Waals surface area contributed by atoms with Crippen molar-refractivity contribution < 1.29 is 37.8 Å². The molecule has 1 aliphatic rings. The molecule has 0 spiro atoms. The van der Waals surface area contributed by atoms with Gasteiger partial charge >= 0.3 is 0 Å². The van der Waals surface area contributed by atoms with Gasteiger partial charge in [-0.2, -0.15) is 0 Å². The van der Waals surface area contributed by atoms with E-state index in [4.69, 9.17) is 25.8 Å². The summed E-state index contributed by atoms with van der Waals surface area (Å²) in [4.78, 5) is 56.4. The van der Waals surface area contributed by atoms with Crippen LogP contribution in [0.25, 0.3) is 0 Å². The Bertz CT molecular complexity index is 1720. The minimum Gasteiger partial charge on any atom is -0.491 e. The van der Waals surface area contributed by atoms with Gasteiger partial charge in [-0.15, -0.1) is 0 Å². The molecule has 0 radical (unpaired) electrons. The molecule has 280 valence electrons. The number of hydrogen-bond acceptors (Lipinski definition) is 7. The zero-order valence-corrected chi connectivity index (χ0v) is 31.2. The summed E-state index contributed by atoms with van der Waals surface area (Å²) in [5, 5.41) is 8.76. The number of hydrogen-bond donors (Lipinski definition) is 3. The summed E-state index contributed by atoms with van der Waals surface area (Å²) >= 11 is 6.07. The average Bonchev–Trinajstić information content (AvgIpc) is 3.07. The molecule has 1 heterocycles. The Morgan fingerprint density at radius 3 is 2.40 bits per heavy atom. The fourth-order valence-corrected chi connectivity index (χ4v) is 5.97. The van der Waals surface area contributed by atoms with E-state index in [0.29, 0.717) is 23.6 Å². The average molecular weight is 739 g/mol. The molecule has 3 aromatic rings. The minimum atomic E-state index is -1.32. The lowest BCUT2D eigenvalue weighted by Gasteiger charge is -2.33. The van der Waals surface area contributed by atoms with Crippen molar-refractivity contribution >= 4 is 35.2 Å². The number of rotatable bonds is 11. The van der Waals surface area contributed by atoms with Gasteiger partial charge in [0.05, 0.1) is 24.1 Å².